The van der Waals surface area contributed by atoms with Crippen LogP contribution in [-0.2, 0) is 0 Å². The Kier molecular flexibility index (Phi) is 3.33. The fourth-order valence-corrected chi connectivity index (χ4v) is 2.93. The van der Waals surface area contributed by atoms with Crippen LogP contribution in [0.25, 0.3) is 5.78 Å². The first kappa shape index (κ1) is 13.3. The van der Waals surface area contributed by atoms with Crippen molar-refractivity contribution in [2.75, 3.05) is 11.9 Å². The molecule has 3 rings (SSSR count). The predicted molar refractivity (Wildman–Crippen MR) is 76.6 cm³/mol. The minimum absolute atomic E-state index is 0.136. The van der Waals surface area contributed by atoms with E-state index in [2.05, 4.69) is 27.3 Å². The highest BCUT2D eigenvalue weighted by molar-refractivity contribution is 5.46. The molecule has 2 aromatic rings. The first-order valence-corrected chi connectivity index (χ1v) is 7.18. The number of nitrogens with zero attached hydrogens (tertiary/aromatic N) is 4. The normalized spacial score (nSPS) is 26.9. The van der Waals surface area contributed by atoms with Gasteiger partial charge in [-0.25, -0.2) is 4.98 Å². The van der Waals surface area contributed by atoms with E-state index in [1.807, 2.05) is 13.0 Å². The summed E-state index contributed by atoms with van der Waals surface area (Å²) >= 11 is 0. The summed E-state index contributed by atoms with van der Waals surface area (Å²) in [7, 11) is 0. The third-order valence-electron chi connectivity index (χ3n) is 4.31. The van der Waals surface area contributed by atoms with Crippen molar-refractivity contribution < 1.29 is 5.11 Å². The van der Waals surface area contributed by atoms with Crippen LogP contribution in [0.15, 0.2) is 12.4 Å². The van der Waals surface area contributed by atoms with Crippen LogP contribution in [0, 0.1) is 12.8 Å². The number of aromatic nitrogens is 4. The average molecular weight is 275 g/mol. The number of aliphatic hydroxyl groups excluding tert-OH is 1. The van der Waals surface area contributed by atoms with Gasteiger partial charge < -0.3 is 10.4 Å². The van der Waals surface area contributed by atoms with E-state index in [1.165, 1.54) is 6.33 Å². The zero-order valence-corrected chi connectivity index (χ0v) is 12.0. The standard InChI is InChI=1S/C14H21N5O/c1-10-3-5-14(8-20,6-4-10)18-12-7-11(2)17-13-15-9-16-19(12)13/h7,9-10,18,20H,3-6,8H2,1-2H3. The molecule has 0 aromatic carbocycles. The average Bonchev–Trinajstić information content (AvgIpc) is 2.90. The topological polar surface area (TPSA) is 75.3 Å². The lowest BCUT2D eigenvalue weighted by Gasteiger charge is -2.39. The van der Waals surface area contributed by atoms with E-state index in [0.29, 0.717) is 5.78 Å². The molecule has 1 saturated carbocycles. The fraction of sp³-hybridized carbons (Fsp3) is 0.643. The maximum absolute atomic E-state index is 9.86. The van der Waals surface area contributed by atoms with Gasteiger partial charge in [0, 0.05) is 11.8 Å². The molecule has 1 aliphatic rings. The molecule has 108 valence electrons. The summed E-state index contributed by atoms with van der Waals surface area (Å²) in [5, 5.41) is 17.6. The quantitative estimate of drug-likeness (QED) is 0.893. The van der Waals surface area contributed by atoms with Crippen molar-refractivity contribution in [2.45, 2.75) is 45.1 Å². The molecule has 0 amide bonds. The smallest absolute Gasteiger partial charge is 0.254 e. The molecule has 2 heterocycles. The first-order valence-electron chi connectivity index (χ1n) is 7.18. The maximum Gasteiger partial charge on any atom is 0.254 e. The van der Waals surface area contributed by atoms with E-state index >= 15 is 0 Å². The van der Waals surface area contributed by atoms with Crippen LogP contribution in [-0.4, -0.2) is 36.8 Å². The van der Waals surface area contributed by atoms with Gasteiger partial charge in [-0.1, -0.05) is 6.92 Å². The van der Waals surface area contributed by atoms with Crippen molar-refractivity contribution in [1.29, 1.82) is 0 Å². The monoisotopic (exact) mass is 275 g/mol. The van der Waals surface area contributed by atoms with Crippen LogP contribution in [0.1, 0.15) is 38.3 Å². The Bertz CT molecular complexity index is 601. The van der Waals surface area contributed by atoms with Crippen molar-refractivity contribution in [1.82, 2.24) is 19.6 Å². The van der Waals surface area contributed by atoms with E-state index < -0.39 is 0 Å². The van der Waals surface area contributed by atoms with Crippen LogP contribution >= 0.6 is 0 Å². The Morgan fingerprint density at radius 3 is 2.90 bits per heavy atom. The van der Waals surface area contributed by atoms with Crippen LogP contribution in [0.2, 0.25) is 0 Å². The fourth-order valence-electron chi connectivity index (χ4n) is 2.93. The van der Waals surface area contributed by atoms with E-state index in [-0.39, 0.29) is 12.1 Å². The number of rotatable bonds is 3. The number of anilines is 1. The molecule has 0 unspecified atom stereocenters. The van der Waals surface area contributed by atoms with E-state index in [9.17, 15) is 5.11 Å². The molecular weight excluding hydrogens is 254 g/mol. The minimum Gasteiger partial charge on any atom is -0.394 e. The van der Waals surface area contributed by atoms with E-state index in [1.54, 1.807) is 4.52 Å². The highest BCUT2D eigenvalue weighted by atomic mass is 16.3. The van der Waals surface area contributed by atoms with Gasteiger partial charge >= 0.3 is 0 Å². The van der Waals surface area contributed by atoms with Crippen LogP contribution in [0.5, 0.6) is 0 Å². The SMILES string of the molecule is Cc1cc(NC2(CO)CCC(C)CC2)n2ncnc2n1. The maximum atomic E-state index is 9.86. The Balaban J connectivity index is 1.93. The molecule has 2 N–H and O–H groups in total. The number of fused-ring (bicyclic) bond motifs is 1. The summed E-state index contributed by atoms with van der Waals surface area (Å²) in [5.41, 5.74) is 0.643. The number of hydrogen-bond donors (Lipinski definition) is 2. The first-order chi connectivity index (χ1) is 9.62. The molecule has 1 fully saturated rings. The summed E-state index contributed by atoms with van der Waals surface area (Å²) in [6.45, 7) is 4.35. The molecule has 2 aromatic heterocycles. The summed E-state index contributed by atoms with van der Waals surface area (Å²) in [4.78, 5) is 8.47. The van der Waals surface area contributed by atoms with Gasteiger partial charge in [-0.05, 0) is 38.5 Å². The molecule has 0 saturated heterocycles. The van der Waals surface area contributed by atoms with Crippen molar-refractivity contribution >= 4 is 11.6 Å². The van der Waals surface area contributed by atoms with Gasteiger partial charge in [-0.15, -0.1) is 0 Å². The van der Waals surface area contributed by atoms with Gasteiger partial charge in [0.1, 0.15) is 12.1 Å². The van der Waals surface area contributed by atoms with Gasteiger partial charge in [0.2, 0.25) is 0 Å². The lowest BCUT2D eigenvalue weighted by Crippen LogP contribution is -2.45. The molecule has 0 atom stereocenters. The van der Waals surface area contributed by atoms with Gasteiger partial charge in [0.05, 0.1) is 12.1 Å². The van der Waals surface area contributed by atoms with Gasteiger partial charge in [-0.2, -0.15) is 14.6 Å². The second kappa shape index (κ2) is 5.01. The molecule has 0 aliphatic heterocycles. The van der Waals surface area contributed by atoms with E-state index in [0.717, 1.165) is 43.1 Å². The van der Waals surface area contributed by atoms with Gasteiger partial charge in [-0.3, -0.25) is 0 Å². The second-order valence-corrected chi connectivity index (χ2v) is 6.00. The number of aryl methyl sites for hydroxylation is 1. The van der Waals surface area contributed by atoms with E-state index in [4.69, 9.17) is 0 Å². The minimum atomic E-state index is -0.251. The van der Waals surface area contributed by atoms with Crippen molar-refractivity contribution in [2.24, 2.45) is 5.92 Å². The Morgan fingerprint density at radius 2 is 2.20 bits per heavy atom. The van der Waals surface area contributed by atoms with Crippen molar-refractivity contribution in [3.8, 4) is 0 Å². The zero-order chi connectivity index (χ0) is 14.2. The third kappa shape index (κ3) is 2.35. The Morgan fingerprint density at radius 1 is 1.45 bits per heavy atom. The van der Waals surface area contributed by atoms with Crippen LogP contribution in [0.3, 0.4) is 0 Å². The molecule has 0 bridgehead atoms. The summed E-state index contributed by atoms with van der Waals surface area (Å²) < 4.78 is 1.70. The van der Waals surface area contributed by atoms with Crippen molar-refractivity contribution in [3.05, 3.63) is 18.1 Å². The molecule has 0 radical (unpaired) electrons. The summed E-state index contributed by atoms with van der Waals surface area (Å²) in [5.74, 6) is 2.18. The van der Waals surface area contributed by atoms with Gasteiger partial charge in [0.25, 0.3) is 5.78 Å². The highest BCUT2D eigenvalue weighted by Crippen LogP contribution is 2.34. The molecule has 6 heteroatoms. The molecule has 20 heavy (non-hydrogen) atoms. The van der Waals surface area contributed by atoms with Crippen molar-refractivity contribution in [3.63, 3.8) is 0 Å². The number of nitrogens with one attached hydrogen (secondary N) is 1. The summed E-state index contributed by atoms with van der Waals surface area (Å²) in [6, 6.07) is 1.96. The lowest BCUT2D eigenvalue weighted by atomic mass is 9.77. The second-order valence-electron chi connectivity index (χ2n) is 6.00. The number of aliphatic hydroxyl groups is 1. The number of hydrogen-bond acceptors (Lipinski definition) is 5. The summed E-state index contributed by atoms with van der Waals surface area (Å²) in [6.07, 6.45) is 5.72. The molecule has 6 nitrogen and oxygen atoms in total. The Labute approximate surface area is 118 Å². The van der Waals surface area contributed by atoms with Crippen LogP contribution < -0.4 is 5.32 Å². The largest absolute Gasteiger partial charge is 0.394 e. The predicted octanol–water partition coefficient (Wildman–Crippen LogP) is 1.79. The molecule has 0 spiro atoms. The molecular formula is C14H21N5O. The molecule has 1 aliphatic carbocycles. The van der Waals surface area contributed by atoms with Gasteiger partial charge in [0.15, 0.2) is 0 Å². The highest BCUT2D eigenvalue weighted by Gasteiger charge is 2.34. The zero-order valence-electron chi connectivity index (χ0n) is 12.0. The third-order valence-corrected chi connectivity index (χ3v) is 4.31. The Hall–Kier alpha value is -1.69. The lowest BCUT2D eigenvalue weighted by molar-refractivity contribution is 0.155. The van der Waals surface area contributed by atoms with Crippen LogP contribution in [0.4, 0.5) is 5.82 Å².